The zero-order valence-electron chi connectivity index (χ0n) is 13.2. The second kappa shape index (κ2) is 7.74. The van der Waals surface area contributed by atoms with Gasteiger partial charge < -0.3 is 5.32 Å². The maximum Gasteiger partial charge on any atom is 0.416 e. The Morgan fingerprint density at radius 1 is 1.24 bits per heavy atom. The number of rotatable bonds is 5. The van der Waals surface area contributed by atoms with Crippen LogP contribution in [0.2, 0.25) is 0 Å². The quantitative estimate of drug-likeness (QED) is 0.581. The lowest BCUT2D eigenvalue weighted by molar-refractivity contribution is -0.138. The maximum atomic E-state index is 13.0. The van der Waals surface area contributed by atoms with Gasteiger partial charge in [0, 0.05) is 11.7 Å². The number of amides is 1. The number of benzene rings is 1. The molecule has 2 aromatic rings. The van der Waals surface area contributed by atoms with Gasteiger partial charge in [0.25, 0.3) is 0 Å². The lowest BCUT2D eigenvalue weighted by Crippen LogP contribution is -2.20. The minimum atomic E-state index is -4.38. The summed E-state index contributed by atoms with van der Waals surface area (Å²) >= 11 is 2.36. The van der Waals surface area contributed by atoms with E-state index in [1.807, 2.05) is 0 Å². The van der Waals surface area contributed by atoms with Crippen LogP contribution in [0.25, 0.3) is 0 Å². The van der Waals surface area contributed by atoms with Crippen molar-refractivity contribution in [3.05, 3.63) is 35.4 Å². The number of anilines is 1. The van der Waals surface area contributed by atoms with E-state index >= 15 is 0 Å². The van der Waals surface area contributed by atoms with Crippen molar-refractivity contribution >= 4 is 34.1 Å². The summed E-state index contributed by atoms with van der Waals surface area (Å²) in [4.78, 5) is 12.1. The molecule has 0 aliphatic heterocycles. The molecule has 1 aliphatic rings. The van der Waals surface area contributed by atoms with E-state index in [1.54, 1.807) is 6.07 Å². The molecule has 134 valence electrons. The maximum absolute atomic E-state index is 13.0. The Kier molecular flexibility index (Phi) is 5.63. The summed E-state index contributed by atoms with van der Waals surface area (Å²) in [5.41, 5.74) is -0.437. The van der Waals surface area contributed by atoms with Crippen LogP contribution in [0.5, 0.6) is 0 Å². The number of hydrogen-bond donors (Lipinski definition) is 1. The summed E-state index contributed by atoms with van der Waals surface area (Å²) in [6.07, 6.45) is -0.471. The van der Waals surface area contributed by atoms with Crippen molar-refractivity contribution in [1.82, 2.24) is 10.2 Å². The Labute approximate surface area is 151 Å². The summed E-state index contributed by atoms with van der Waals surface area (Å²) in [5, 5.41) is 11.0. The third-order valence-electron chi connectivity index (χ3n) is 4.04. The Bertz CT molecular complexity index is 742. The molecule has 0 radical (unpaired) electrons. The van der Waals surface area contributed by atoms with Crippen LogP contribution in [0.1, 0.15) is 36.8 Å². The third kappa shape index (κ3) is 4.72. The second-order valence-electron chi connectivity index (χ2n) is 5.79. The van der Waals surface area contributed by atoms with E-state index in [0.717, 1.165) is 31.7 Å². The second-order valence-corrected chi connectivity index (χ2v) is 7.99. The molecule has 1 aromatic carbocycles. The molecule has 1 aromatic heterocycles. The minimum Gasteiger partial charge on any atom is -0.300 e. The Morgan fingerprint density at radius 2 is 1.96 bits per heavy atom. The molecular weight excluding hydrogens is 371 g/mol. The summed E-state index contributed by atoms with van der Waals surface area (Å²) < 4.78 is 39.5. The number of carbonyl (C=O) groups is 1. The number of carbonyl (C=O) groups excluding carboxylic acids is 1. The molecule has 1 heterocycles. The monoisotopic (exact) mass is 387 g/mol. The average Bonchev–Trinajstić information content (AvgIpc) is 3.24. The highest BCUT2D eigenvalue weighted by atomic mass is 32.2. The molecule has 0 spiro atoms. The highest BCUT2D eigenvalue weighted by molar-refractivity contribution is 8.00. The fourth-order valence-electron chi connectivity index (χ4n) is 2.78. The smallest absolute Gasteiger partial charge is 0.300 e. The first kappa shape index (κ1) is 18.2. The van der Waals surface area contributed by atoms with Crippen molar-refractivity contribution in [1.29, 1.82) is 0 Å². The van der Waals surface area contributed by atoms with Crippen molar-refractivity contribution in [2.75, 3.05) is 5.32 Å². The summed E-state index contributed by atoms with van der Waals surface area (Å²) in [6.45, 7) is 0. The topological polar surface area (TPSA) is 54.9 Å². The molecule has 4 nitrogen and oxygen atoms in total. The van der Waals surface area contributed by atoms with Gasteiger partial charge in [0.2, 0.25) is 11.0 Å². The van der Waals surface area contributed by atoms with Crippen LogP contribution in [-0.4, -0.2) is 16.1 Å². The average molecular weight is 387 g/mol. The number of thioether (sulfide) groups is 1. The number of nitrogens with one attached hydrogen (secondary N) is 1. The van der Waals surface area contributed by atoms with Crippen LogP contribution in [0, 0.1) is 5.92 Å². The van der Waals surface area contributed by atoms with E-state index in [0.29, 0.717) is 9.47 Å². The largest absolute Gasteiger partial charge is 0.416 e. The molecule has 9 heteroatoms. The Hall–Kier alpha value is -1.61. The molecule has 0 bridgehead atoms. The zero-order chi connectivity index (χ0) is 17.9. The first-order chi connectivity index (χ1) is 11.9. The standard InChI is InChI=1S/C16H16F3N3OS2/c17-16(18,19)12-8-4-3-7-11(12)9-24-15-22-21-14(25-15)20-13(23)10-5-1-2-6-10/h3-4,7-8,10H,1-2,5-6,9H2,(H,20,21,23). The molecule has 1 fully saturated rings. The van der Waals surface area contributed by atoms with Crippen LogP contribution < -0.4 is 5.32 Å². The lowest BCUT2D eigenvalue weighted by atomic mass is 10.1. The number of hydrogen-bond acceptors (Lipinski definition) is 5. The van der Waals surface area contributed by atoms with E-state index in [-0.39, 0.29) is 23.1 Å². The van der Waals surface area contributed by atoms with Gasteiger partial charge in [-0.25, -0.2) is 0 Å². The number of aromatic nitrogens is 2. The molecule has 1 saturated carbocycles. The van der Waals surface area contributed by atoms with Gasteiger partial charge in [0.1, 0.15) is 0 Å². The summed E-state index contributed by atoms with van der Waals surface area (Å²) in [7, 11) is 0. The molecule has 1 N–H and O–H groups in total. The zero-order valence-corrected chi connectivity index (χ0v) is 14.8. The van der Waals surface area contributed by atoms with E-state index in [1.165, 1.54) is 35.2 Å². The van der Waals surface area contributed by atoms with Crippen molar-refractivity contribution in [3.8, 4) is 0 Å². The SMILES string of the molecule is O=C(Nc1nnc(SCc2ccccc2C(F)(F)F)s1)C1CCCC1. The van der Waals surface area contributed by atoms with Gasteiger partial charge in [-0.2, -0.15) is 13.2 Å². The van der Waals surface area contributed by atoms with Crippen LogP contribution in [-0.2, 0) is 16.7 Å². The fourth-order valence-corrected chi connectivity index (χ4v) is 4.54. The third-order valence-corrected chi connectivity index (χ3v) is 6.06. The molecule has 0 atom stereocenters. The normalized spacial score (nSPS) is 15.5. The van der Waals surface area contributed by atoms with Crippen molar-refractivity contribution < 1.29 is 18.0 Å². The van der Waals surface area contributed by atoms with E-state index < -0.39 is 11.7 Å². The molecule has 3 rings (SSSR count). The van der Waals surface area contributed by atoms with Gasteiger partial charge >= 0.3 is 6.18 Å². The van der Waals surface area contributed by atoms with Gasteiger partial charge in [-0.15, -0.1) is 10.2 Å². The summed E-state index contributed by atoms with van der Waals surface area (Å²) in [6, 6.07) is 5.49. The highest BCUT2D eigenvalue weighted by Crippen LogP contribution is 2.36. The predicted octanol–water partition coefficient (Wildman–Crippen LogP) is 4.98. The van der Waals surface area contributed by atoms with Crippen molar-refractivity contribution in [2.24, 2.45) is 5.92 Å². The van der Waals surface area contributed by atoms with E-state index in [9.17, 15) is 18.0 Å². The Balaban J connectivity index is 1.60. The van der Waals surface area contributed by atoms with Gasteiger partial charge in [-0.1, -0.05) is 54.1 Å². The molecule has 0 saturated heterocycles. The van der Waals surface area contributed by atoms with E-state index in [2.05, 4.69) is 15.5 Å². The molecular formula is C16H16F3N3OS2. The first-order valence-corrected chi connectivity index (χ1v) is 9.66. The van der Waals surface area contributed by atoms with Crippen molar-refractivity contribution in [3.63, 3.8) is 0 Å². The summed E-state index contributed by atoms with van der Waals surface area (Å²) in [5.74, 6) is 0.118. The molecule has 1 amide bonds. The van der Waals surface area contributed by atoms with E-state index in [4.69, 9.17) is 0 Å². The lowest BCUT2D eigenvalue weighted by Gasteiger charge is -2.11. The van der Waals surface area contributed by atoms with Crippen LogP contribution >= 0.6 is 23.1 Å². The van der Waals surface area contributed by atoms with Gasteiger partial charge in [-0.05, 0) is 24.5 Å². The highest BCUT2D eigenvalue weighted by Gasteiger charge is 2.32. The van der Waals surface area contributed by atoms with Crippen LogP contribution in [0.3, 0.4) is 0 Å². The number of halogens is 3. The predicted molar refractivity (Wildman–Crippen MR) is 91.5 cm³/mol. The van der Waals surface area contributed by atoms with Gasteiger partial charge in [0.15, 0.2) is 4.34 Å². The van der Waals surface area contributed by atoms with Gasteiger partial charge in [0.05, 0.1) is 5.56 Å². The number of alkyl halides is 3. The van der Waals surface area contributed by atoms with Crippen molar-refractivity contribution in [2.45, 2.75) is 42.0 Å². The van der Waals surface area contributed by atoms with Gasteiger partial charge in [-0.3, -0.25) is 4.79 Å². The fraction of sp³-hybridized carbons (Fsp3) is 0.438. The minimum absolute atomic E-state index is 0.0265. The number of nitrogens with zero attached hydrogens (tertiary/aromatic N) is 2. The van der Waals surface area contributed by atoms with Crippen LogP contribution in [0.15, 0.2) is 28.6 Å². The van der Waals surface area contributed by atoms with Crippen LogP contribution in [0.4, 0.5) is 18.3 Å². The molecule has 1 aliphatic carbocycles. The first-order valence-electron chi connectivity index (χ1n) is 7.86. The molecule has 0 unspecified atom stereocenters. The molecule has 25 heavy (non-hydrogen) atoms. The Morgan fingerprint density at radius 3 is 2.68 bits per heavy atom.